The summed E-state index contributed by atoms with van der Waals surface area (Å²) < 4.78 is 6.37. The summed E-state index contributed by atoms with van der Waals surface area (Å²) in [7, 11) is 1.44. The van der Waals surface area contributed by atoms with Gasteiger partial charge in [-0.15, -0.1) is 0 Å². The van der Waals surface area contributed by atoms with Crippen LogP contribution in [0.3, 0.4) is 0 Å². The van der Waals surface area contributed by atoms with Crippen LogP contribution in [0.15, 0.2) is 87.8 Å². The van der Waals surface area contributed by atoms with Crippen molar-refractivity contribution in [1.29, 1.82) is 0 Å². The van der Waals surface area contributed by atoms with Crippen LogP contribution in [-0.2, 0) is 19.2 Å². The van der Waals surface area contributed by atoms with Crippen molar-refractivity contribution < 1.29 is 29.0 Å². The third-order valence-electron chi connectivity index (χ3n) is 10.4. The Labute approximate surface area is 283 Å². The van der Waals surface area contributed by atoms with E-state index in [4.69, 9.17) is 4.74 Å². The molecule has 3 fully saturated rings. The van der Waals surface area contributed by atoms with E-state index < -0.39 is 35.0 Å². The van der Waals surface area contributed by atoms with E-state index in [1.807, 2.05) is 31.2 Å². The molecule has 8 nitrogen and oxygen atoms in total. The molecule has 2 aliphatic heterocycles. The van der Waals surface area contributed by atoms with Crippen LogP contribution < -0.4 is 14.5 Å². The molecular formula is C36H30Br2N2O6. The quantitative estimate of drug-likeness (QED) is 0.223. The van der Waals surface area contributed by atoms with Crippen LogP contribution in [0.25, 0.3) is 6.08 Å². The number of phenols is 1. The number of methoxy groups -OCH3 is 1. The number of fused-ring (bicyclic) bond motifs is 4. The fourth-order valence-corrected chi connectivity index (χ4v) is 9.13. The van der Waals surface area contributed by atoms with Crippen molar-refractivity contribution in [2.45, 2.75) is 25.7 Å². The van der Waals surface area contributed by atoms with Gasteiger partial charge in [-0.2, -0.15) is 0 Å². The summed E-state index contributed by atoms with van der Waals surface area (Å²) in [4.78, 5) is 59.7. The summed E-state index contributed by atoms with van der Waals surface area (Å²) in [5.41, 5.74) is 2.07. The summed E-state index contributed by atoms with van der Waals surface area (Å²) in [6.07, 6.45) is 4.25. The highest BCUT2D eigenvalue weighted by Gasteiger charge is 2.68. The Hall–Kier alpha value is -4.02. The Morgan fingerprint density at radius 2 is 1.59 bits per heavy atom. The monoisotopic (exact) mass is 744 g/mol. The Balaban J connectivity index is 1.40. The number of carbonyl (C=O) groups excluding carboxylic acids is 4. The predicted molar refractivity (Wildman–Crippen MR) is 180 cm³/mol. The second kappa shape index (κ2) is 11.1. The number of para-hydroxylation sites is 1. The lowest BCUT2D eigenvalue weighted by Crippen LogP contribution is -2.49. The summed E-state index contributed by atoms with van der Waals surface area (Å²) >= 11 is 7.13. The van der Waals surface area contributed by atoms with Crippen molar-refractivity contribution in [3.63, 3.8) is 0 Å². The number of rotatable bonds is 5. The molecule has 6 unspecified atom stereocenters. The standard InChI is InChI=1S/C36H30Br2N2O6/c1-4-18-10-12-20(13-11-18)39-32(42)22-15-14-21-23(27(22)34(39)44)16-25-33(43)40(19-8-6-5-7-9-19)35(45)36(25,2)28(21)24-17-26(46-3)31(41)30(38)29(24)37/h4-14,17,22-23,25,27-28,41H,1,15-16H2,2-3H3. The molecule has 10 heteroatoms. The lowest BCUT2D eigenvalue weighted by atomic mass is 9.51. The third-order valence-corrected chi connectivity index (χ3v) is 12.5. The molecule has 2 aliphatic carbocycles. The van der Waals surface area contributed by atoms with Gasteiger partial charge in [0.2, 0.25) is 23.6 Å². The fourth-order valence-electron chi connectivity index (χ4n) is 8.17. The molecule has 4 amide bonds. The topological polar surface area (TPSA) is 104 Å². The molecule has 7 rings (SSSR count). The Bertz CT molecular complexity index is 1870. The third kappa shape index (κ3) is 4.15. The summed E-state index contributed by atoms with van der Waals surface area (Å²) in [6.45, 7) is 5.60. The number of phenolic OH excluding ortho intramolecular Hbond substituents is 1. The van der Waals surface area contributed by atoms with Gasteiger partial charge in [0.1, 0.15) is 0 Å². The van der Waals surface area contributed by atoms with Gasteiger partial charge in [0.15, 0.2) is 11.5 Å². The van der Waals surface area contributed by atoms with Gasteiger partial charge in [-0.1, -0.05) is 54.6 Å². The van der Waals surface area contributed by atoms with Crippen molar-refractivity contribution in [1.82, 2.24) is 0 Å². The molecular weight excluding hydrogens is 716 g/mol. The van der Waals surface area contributed by atoms with Gasteiger partial charge in [-0.25, -0.2) is 4.90 Å². The number of aromatic hydroxyl groups is 1. The number of allylic oxidation sites excluding steroid dienone is 2. The normalized spacial score (nSPS) is 28.5. The molecule has 0 bridgehead atoms. The summed E-state index contributed by atoms with van der Waals surface area (Å²) in [5.74, 6) is -4.39. The van der Waals surface area contributed by atoms with E-state index >= 15 is 0 Å². The van der Waals surface area contributed by atoms with Gasteiger partial charge >= 0.3 is 0 Å². The number of anilines is 2. The van der Waals surface area contributed by atoms with Gasteiger partial charge < -0.3 is 9.84 Å². The number of carbonyl (C=O) groups is 4. The van der Waals surface area contributed by atoms with Crippen LogP contribution in [0.4, 0.5) is 11.4 Å². The van der Waals surface area contributed by atoms with Gasteiger partial charge in [0.05, 0.1) is 46.1 Å². The maximum atomic E-state index is 14.6. The number of imide groups is 2. The van der Waals surface area contributed by atoms with Gasteiger partial charge in [-0.05, 0) is 99.0 Å². The molecule has 0 aromatic heterocycles. The molecule has 0 spiro atoms. The summed E-state index contributed by atoms with van der Waals surface area (Å²) in [6, 6.07) is 17.6. The van der Waals surface area contributed by atoms with E-state index in [0.717, 1.165) is 11.1 Å². The molecule has 2 heterocycles. The second-order valence-corrected chi connectivity index (χ2v) is 14.0. The van der Waals surface area contributed by atoms with Crippen LogP contribution in [0, 0.1) is 29.1 Å². The molecule has 4 aliphatic rings. The lowest BCUT2D eigenvalue weighted by molar-refractivity contribution is -0.131. The Morgan fingerprint density at radius 1 is 0.913 bits per heavy atom. The maximum Gasteiger partial charge on any atom is 0.241 e. The zero-order valence-corrected chi connectivity index (χ0v) is 28.2. The number of amides is 4. The zero-order valence-electron chi connectivity index (χ0n) is 25.1. The largest absolute Gasteiger partial charge is 0.503 e. The number of hydrogen-bond acceptors (Lipinski definition) is 6. The van der Waals surface area contributed by atoms with Gasteiger partial charge in [-0.3, -0.25) is 24.1 Å². The van der Waals surface area contributed by atoms with Crippen LogP contribution >= 0.6 is 31.9 Å². The van der Waals surface area contributed by atoms with Crippen LogP contribution in [0.1, 0.15) is 36.8 Å². The van der Waals surface area contributed by atoms with Crippen LogP contribution in [0.2, 0.25) is 0 Å². The zero-order chi connectivity index (χ0) is 32.7. The van der Waals surface area contributed by atoms with Crippen LogP contribution in [0.5, 0.6) is 11.5 Å². The number of benzene rings is 3. The first-order chi connectivity index (χ1) is 22.0. The number of halogens is 2. The van der Waals surface area contributed by atoms with Crippen molar-refractivity contribution >= 4 is 72.9 Å². The van der Waals surface area contributed by atoms with E-state index in [1.54, 1.807) is 48.5 Å². The smallest absolute Gasteiger partial charge is 0.241 e. The highest BCUT2D eigenvalue weighted by atomic mass is 79.9. The van der Waals surface area contributed by atoms with Gasteiger partial charge in [0, 0.05) is 10.4 Å². The number of nitrogens with zero attached hydrogens (tertiary/aromatic N) is 2. The van der Waals surface area contributed by atoms with E-state index in [1.165, 1.54) is 16.9 Å². The molecule has 3 aromatic rings. The first-order valence-corrected chi connectivity index (χ1v) is 16.6. The van der Waals surface area contributed by atoms with Crippen molar-refractivity contribution in [3.8, 4) is 11.5 Å². The van der Waals surface area contributed by atoms with Crippen molar-refractivity contribution in [3.05, 3.63) is 99.0 Å². The maximum absolute atomic E-state index is 14.6. The minimum absolute atomic E-state index is 0.112. The molecule has 3 aromatic carbocycles. The van der Waals surface area contributed by atoms with Crippen LogP contribution in [-0.4, -0.2) is 35.8 Å². The van der Waals surface area contributed by atoms with E-state index in [9.17, 15) is 24.3 Å². The van der Waals surface area contributed by atoms with Crippen molar-refractivity contribution in [2.75, 3.05) is 16.9 Å². The van der Waals surface area contributed by atoms with E-state index in [2.05, 4.69) is 38.4 Å². The molecule has 234 valence electrons. The predicted octanol–water partition coefficient (Wildman–Crippen LogP) is 7.00. The molecule has 6 atom stereocenters. The molecule has 1 saturated carbocycles. The molecule has 0 radical (unpaired) electrons. The minimum Gasteiger partial charge on any atom is -0.503 e. The van der Waals surface area contributed by atoms with E-state index in [0.29, 0.717) is 32.3 Å². The molecule has 2 saturated heterocycles. The first-order valence-electron chi connectivity index (χ1n) is 15.0. The highest BCUT2D eigenvalue weighted by molar-refractivity contribution is 9.13. The first kappa shape index (κ1) is 30.6. The van der Waals surface area contributed by atoms with E-state index in [-0.39, 0.29) is 41.5 Å². The number of hydrogen-bond donors (Lipinski definition) is 1. The summed E-state index contributed by atoms with van der Waals surface area (Å²) in [5, 5.41) is 10.8. The highest BCUT2D eigenvalue weighted by Crippen LogP contribution is 2.65. The second-order valence-electron chi connectivity index (χ2n) is 12.4. The Kier molecular flexibility index (Phi) is 7.36. The molecule has 1 N–H and O–H groups in total. The average Bonchev–Trinajstić information content (AvgIpc) is 3.44. The average molecular weight is 746 g/mol. The Morgan fingerprint density at radius 3 is 2.24 bits per heavy atom. The van der Waals surface area contributed by atoms with Gasteiger partial charge in [0.25, 0.3) is 0 Å². The molecule has 46 heavy (non-hydrogen) atoms. The fraction of sp³-hybridized carbons (Fsp3) is 0.278. The SMILES string of the molecule is C=Cc1ccc(N2C(=O)C3CC=C4C(CC5C(=O)N(c6ccccc6)C(=O)C5(C)C4c4cc(OC)c(O)c(Br)c4Br)C3C2=O)cc1. The van der Waals surface area contributed by atoms with Crippen molar-refractivity contribution in [2.24, 2.45) is 29.1 Å². The number of ether oxygens (including phenoxy) is 1. The minimum atomic E-state index is -1.24. The lowest BCUT2D eigenvalue weighted by Gasteiger charge is -2.49.